The van der Waals surface area contributed by atoms with E-state index in [4.69, 9.17) is 5.11 Å². The molecule has 0 aromatic heterocycles. The van der Waals surface area contributed by atoms with Crippen LogP contribution in [0.1, 0.15) is 13.8 Å². The van der Waals surface area contributed by atoms with Crippen molar-refractivity contribution in [2.45, 2.75) is 19.9 Å². The van der Waals surface area contributed by atoms with E-state index in [-0.39, 0.29) is 0 Å². The molecule has 0 heterocycles. The highest BCUT2D eigenvalue weighted by Gasteiger charge is 2.25. The summed E-state index contributed by atoms with van der Waals surface area (Å²) in [5.41, 5.74) is 0. The summed E-state index contributed by atoms with van der Waals surface area (Å²) in [6, 6.07) is -0.861. The van der Waals surface area contributed by atoms with Crippen LogP contribution in [0.3, 0.4) is 0 Å². The van der Waals surface area contributed by atoms with Crippen molar-refractivity contribution in [1.82, 2.24) is 9.44 Å². The van der Waals surface area contributed by atoms with E-state index in [0.717, 1.165) is 7.11 Å². The van der Waals surface area contributed by atoms with E-state index >= 15 is 0 Å². The summed E-state index contributed by atoms with van der Waals surface area (Å²) in [7, 11) is -3.10. The molecule has 0 aliphatic carbocycles. The summed E-state index contributed by atoms with van der Waals surface area (Å²) in [6.07, 6.45) is -1.15. The average Bonchev–Trinajstić information content (AvgIpc) is 2.14. The quantitative estimate of drug-likeness (QED) is 0.595. The summed E-state index contributed by atoms with van der Waals surface area (Å²) in [5, 5.41) is 8.63. The predicted molar refractivity (Wildman–Crippen MR) is 53.9 cm³/mol. The summed E-state index contributed by atoms with van der Waals surface area (Å²) >= 11 is 0. The van der Waals surface area contributed by atoms with Gasteiger partial charge in [-0.2, -0.15) is 13.1 Å². The maximum absolute atomic E-state index is 11.2. The highest BCUT2D eigenvalue weighted by molar-refractivity contribution is 7.88. The number of hydrogen-bond donors (Lipinski definition) is 3. The first-order valence-electron chi connectivity index (χ1n) is 4.30. The molecular formula is C7H14N2O6S. The largest absolute Gasteiger partial charge is 0.481 e. The van der Waals surface area contributed by atoms with E-state index in [1.54, 1.807) is 0 Å². The molecular weight excluding hydrogens is 240 g/mol. The van der Waals surface area contributed by atoms with Crippen LogP contribution in [0.5, 0.6) is 0 Å². The molecule has 0 radical (unpaired) electrons. The molecule has 94 valence electrons. The lowest BCUT2D eigenvalue weighted by Crippen LogP contribution is -2.47. The van der Waals surface area contributed by atoms with Crippen molar-refractivity contribution in [3.8, 4) is 0 Å². The molecule has 0 aliphatic heterocycles. The third-order valence-electron chi connectivity index (χ3n) is 1.88. The molecule has 8 nitrogen and oxygen atoms in total. The Morgan fingerprint density at radius 3 is 2.19 bits per heavy atom. The number of rotatable bonds is 5. The fraction of sp³-hybridized carbons (Fsp3) is 0.714. The normalized spacial score (nSPS) is 14.9. The van der Waals surface area contributed by atoms with Crippen LogP contribution in [0.4, 0.5) is 4.79 Å². The maximum atomic E-state index is 11.2. The number of carbonyl (C=O) groups is 2. The third-order valence-corrected chi connectivity index (χ3v) is 3.00. The molecule has 0 aromatic rings. The van der Waals surface area contributed by atoms with E-state index in [1.165, 1.54) is 18.6 Å². The third kappa shape index (κ3) is 4.94. The zero-order valence-electron chi connectivity index (χ0n) is 9.05. The number of carboxylic acids is 1. The second-order valence-electron chi connectivity index (χ2n) is 3.13. The van der Waals surface area contributed by atoms with Gasteiger partial charge in [0.25, 0.3) is 0 Å². The van der Waals surface area contributed by atoms with Gasteiger partial charge in [0.2, 0.25) is 0 Å². The molecule has 0 saturated carbocycles. The Morgan fingerprint density at radius 1 is 1.31 bits per heavy atom. The molecule has 9 heteroatoms. The van der Waals surface area contributed by atoms with Crippen molar-refractivity contribution in [3.63, 3.8) is 0 Å². The Hall–Kier alpha value is -1.35. The van der Waals surface area contributed by atoms with Gasteiger partial charge < -0.3 is 9.84 Å². The van der Waals surface area contributed by atoms with Crippen LogP contribution in [0, 0.1) is 5.92 Å². The van der Waals surface area contributed by atoms with Gasteiger partial charge in [-0.25, -0.2) is 9.52 Å². The molecule has 0 saturated heterocycles. The van der Waals surface area contributed by atoms with Gasteiger partial charge in [-0.3, -0.25) is 4.79 Å². The maximum Gasteiger partial charge on any atom is 0.421 e. The molecule has 0 bridgehead atoms. The monoisotopic (exact) mass is 254 g/mol. The van der Waals surface area contributed by atoms with Gasteiger partial charge in [0.1, 0.15) is 0 Å². The van der Waals surface area contributed by atoms with Crippen LogP contribution in [0.2, 0.25) is 0 Å². The van der Waals surface area contributed by atoms with Crippen molar-refractivity contribution in [2.24, 2.45) is 5.92 Å². The van der Waals surface area contributed by atoms with E-state index in [1.807, 2.05) is 4.72 Å². The summed E-state index contributed by atoms with van der Waals surface area (Å²) < 4.78 is 30.1. The molecule has 0 spiro atoms. The van der Waals surface area contributed by atoms with Gasteiger partial charge in [0, 0.05) is 6.04 Å². The van der Waals surface area contributed by atoms with E-state index < -0.39 is 34.2 Å². The number of aliphatic carboxylic acids is 1. The van der Waals surface area contributed by atoms with Gasteiger partial charge in [-0.05, 0) is 6.92 Å². The van der Waals surface area contributed by atoms with Crippen LogP contribution >= 0.6 is 0 Å². The topological polar surface area (TPSA) is 122 Å². The number of carboxylic acid groups (broad SMARTS) is 1. The highest BCUT2D eigenvalue weighted by atomic mass is 32.2. The Morgan fingerprint density at radius 2 is 1.81 bits per heavy atom. The predicted octanol–water partition coefficient (Wildman–Crippen LogP) is -0.714. The lowest BCUT2D eigenvalue weighted by molar-refractivity contribution is -0.141. The Labute approximate surface area is 93.2 Å². The van der Waals surface area contributed by atoms with Crippen LogP contribution in [-0.2, 0) is 19.7 Å². The number of hydrogen-bond acceptors (Lipinski definition) is 5. The van der Waals surface area contributed by atoms with Gasteiger partial charge in [0.05, 0.1) is 13.0 Å². The number of amides is 1. The van der Waals surface area contributed by atoms with Gasteiger partial charge in [0.15, 0.2) is 0 Å². The van der Waals surface area contributed by atoms with Crippen LogP contribution in [-0.4, -0.2) is 38.7 Å². The number of ether oxygens (including phenoxy) is 1. The minimum atomic E-state index is -4.11. The summed E-state index contributed by atoms with van der Waals surface area (Å²) in [4.78, 5) is 21.2. The lowest BCUT2D eigenvalue weighted by Gasteiger charge is -2.17. The van der Waals surface area contributed by atoms with Crippen LogP contribution in [0.15, 0.2) is 0 Å². The highest BCUT2D eigenvalue weighted by Crippen LogP contribution is 2.03. The minimum absolute atomic E-state index is 0.861. The number of methoxy groups -OCH3 is 1. The van der Waals surface area contributed by atoms with E-state index in [0.29, 0.717) is 0 Å². The molecule has 0 rings (SSSR count). The molecule has 3 N–H and O–H groups in total. The summed E-state index contributed by atoms with van der Waals surface area (Å²) in [5.74, 6) is -2.07. The first-order chi connectivity index (χ1) is 7.19. The van der Waals surface area contributed by atoms with Crippen molar-refractivity contribution < 1.29 is 27.9 Å². The van der Waals surface area contributed by atoms with Gasteiger partial charge >= 0.3 is 22.3 Å². The van der Waals surface area contributed by atoms with Crippen molar-refractivity contribution in [1.29, 1.82) is 0 Å². The zero-order valence-corrected chi connectivity index (χ0v) is 9.87. The molecule has 16 heavy (non-hydrogen) atoms. The van der Waals surface area contributed by atoms with Crippen molar-refractivity contribution in [3.05, 3.63) is 0 Å². The fourth-order valence-electron chi connectivity index (χ4n) is 0.741. The standard InChI is InChI=1S/C7H14N2O6S/c1-4(6(10)11)5(2)8-16(13,14)9-7(12)15-3/h4-5,8H,1-3H3,(H,9,12)(H,10,11). The fourth-order valence-corrected chi connectivity index (χ4v) is 1.80. The van der Waals surface area contributed by atoms with Crippen LogP contribution in [0.25, 0.3) is 0 Å². The average molecular weight is 254 g/mol. The molecule has 2 unspecified atom stereocenters. The van der Waals surface area contributed by atoms with Crippen LogP contribution < -0.4 is 9.44 Å². The first kappa shape index (κ1) is 14.6. The smallest absolute Gasteiger partial charge is 0.421 e. The molecule has 0 aliphatic rings. The van der Waals surface area contributed by atoms with Crippen molar-refractivity contribution >= 4 is 22.3 Å². The number of carbonyl (C=O) groups excluding carboxylic acids is 1. The summed E-state index contributed by atoms with van der Waals surface area (Å²) in [6.45, 7) is 2.71. The second kappa shape index (κ2) is 5.66. The van der Waals surface area contributed by atoms with Crippen molar-refractivity contribution in [2.75, 3.05) is 7.11 Å². The Bertz CT molecular complexity index is 365. The van der Waals surface area contributed by atoms with E-state index in [2.05, 4.69) is 4.74 Å². The SMILES string of the molecule is COC(=O)NS(=O)(=O)NC(C)C(C)C(=O)O. The first-order valence-corrected chi connectivity index (χ1v) is 5.78. The molecule has 0 aromatic carbocycles. The molecule has 0 fully saturated rings. The zero-order chi connectivity index (χ0) is 12.9. The Kier molecular flexibility index (Phi) is 5.18. The van der Waals surface area contributed by atoms with Gasteiger partial charge in [-0.1, -0.05) is 6.92 Å². The Balaban J connectivity index is 4.48. The van der Waals surface area contributed by atoms with E-state index in [9.17, 15) is 18.0 Å². The lowest BCUT2D eigenvalue weighted by atomic mass is 10.1. The second-order valence-corrected chi connectivity index (χ2v) is 4.58. The number of nitrogens with one attached hydrogen (secondary N) is 2. The molecule has 1 amide bonds. The van der Waals surface area contributed by atoms with Gasteiger partial charge in [-0.15, -0.1) is 0 Å². The minimum Gasteiger partial charge on any atom is -0.481 e. The molecule has 2 atom stereocenters.